The number of hydrogen-bond donors (Lipinski definition) is 0. The maximum Gasteiger partial charge on any atom is 0.355 e. The molecule has 0 fully saturated rings. The molecule has 1 rings (SSSR count). The molecule has 0 bridgehead atoms. The van der Waals surface area contributed by atoms with Crippen molar-refractivity contribution in [3.63, 3.8) is 0 Å². The molecule has 0 unspecified atom stereocenters. The molecule has 0 radical (unpaired) electrons. The summed E-state index contributed by atoms with van der Waals surface area (Å²) in [7, 11) is 0. The Labute approximate surface area is 160 Å². The van der Waals surface area contributed by atoms with Crippen LogP contribution in [-0.4, -0.2) is 41.3 Å². The van der Waals surface area contributed by atoms with Crippen molar-refractivity contribution in [3.05, 3.63) is 35.2 Å². The first-order chi connectivity index (χ1) is 12.5. The number of aromatic nitrogens is 1. The lowest BCUT2D eigenvalue weighted by Crippen LogP contribution is -2.24. The van der Waals surface area contributed by atoms with Crippen molar-refractivity contribution in [2.45, 2.75) is 60.1 Å². The number of rotatable bonds is 8. The predicted octanol–water partition coefficient (Wildman–Crippen LogP) is 3.36. The largest absolute Gasteiger partial charge is 0.461 e. The molecule has 1 aromatic heterocycles. The van der Waals surface area contributed by atoms with Gasteiger partial charge in [-0.15, -0.1) is 0 Å². The normalized spacial score (nSPS) is 11.0. The van der Waals surface area contributed by atoms with E-state index in [4.69, 9.17) is 14.2 Å². The van der Waals surface area contributed by atoms with Crippen molar-refractivity contribution in [1.82, 2.24) is 4.57 Å². The van der Waals surface area contributed by atoms with Crippen LogP contribution in [0.15, 0.2) is 12.7 Å². The Morgan fingerprint density at radius 2 is 1.74 bits per heavy atom. The summed E-state index contributed by atoms with van der Waals surface area (Å²) in [5, 5.41) is 0. The van der Waals surface area contributed by atoms with Gasteiger partial charge in [-0.3, -0.25) is 4.79 Å². The van der Waals surface area contributed by atoms with Gasteiger partial charge in [0.1, 0.15) is 24.4 Å². The van der Waals surface area contributed by atoms with Crippen LogP contribution in [0.1, 0.15) is 66.2 Å². The highest BCUT2D eigenvalue weighted by Gasteiger charge is 2.31. The minimum atomic E-state index is -0.691. The molecule has 27 heavy (non-hydrogen) atoms. The molecule has 0 saturated heterocycles. The van der Waals surface area contributed by atoms with Crippen LogP contribution in [0, 0.1) is 13.8 Å². The minimum absolute atomic E-state index is 0.0622. The van der Waals surface area contributed by atoms with E-state index in [1.807, 2.05) is 6.92 Å². The number of carbonyl (C=O) groups is 3. The molecule has 0 aliphatic carbocycles. The van der Waals surface area contributed by atoms with Crippen molar-refractivity contribution in [1.29, 1.82) is 0 Å². The number of esters is 3. The third kappa shape index (κ3) is 5.98. The van der Waals surface area contributed by atoms with Gasteiger partial charge in [0.05, 0.1) is 12.2 Å². The number of hydrogen-bond acceptors (Lipinski definition) is 6. The molecule has 0 spiro atoms. The second-order valence-corrected chi connectivity index (χ2v) is 7.13. The monoisotopic (exact) mass is 379 g/mol. The third-order valence-electron chi connectivity index (χ3n) is 3.65. The zero-order chi connectivity index (χ0) is 20.8. The third-order valence-corrected chi connectivity index (χ3v) is 3.65. The fourth-order valence-corrected chi connectivity index (χ4v) is 2.58. The molecule has 0 atom stereocenters. The number of carbonyl (C=O) groups excluding carboxylic acids is 3. The quantitative estimate of drug-likeness (QED) is 0.391. The van der Waals surface area contributed by atoms with E-state index in [9.17, 15) is 14.4 Å². The van der Waals surface area contributed by atoms with Crippen molar-refractivity contribution in [2.75, 3.05) is 13.2 Å². The molecule has 0 amide bonds. The Kier molecular flexibility index (Phi) is 7.82. The Morgan fingerprint density at radius 3 is 2.26 bits per heavy atom. The molecule has 7 heteroatoms. The highest BCUT2D eigenvalue weighted by Crippen LogP contribution is 2.26. The maximum atomic E-state index is 12.6. The number of nitrogens with zero attached hydrogens (tertiary/aromatic N) is 1. The molecule has 150 valence electrons. The standard InChI is InChI=1S/C20H29NO6/c1-8-10-25-15(22)12-21-14(4)16(18(23)27-20(5,6)7)13(3)17(21)19(24)26-11-9-2/h8H,1,9-12H2,2-7H3. The van der Waals surface area contributed by atoms with Crippen LogP contribution in [0.5, 0.6) is 0 Å². The van der Waals surface area contributed by atoms with Gasteiger partial charge in [-0.2, -0.15) is 0 Å². The summed E-state index contributed by atoms with van der Waals surface area (Å²) >= 11 is 0. The average molecular weight is 379 g/mol. The van der Waals surface area contributed by atoms with Crippen LogP contribution >= 0.6 is 0 Å². The fourth-order valence-electron chi connectivity index (χ4n) is 2.58. The van der Waals surface area contributed by atoms with E-state index in [2.05, 4.69) is 6.58 Å². The van der Waals surface area contributed by atoms with Crippen LogP contribution in [0.25, 0.3) is 0 Å². The molecule has 0 aliphatic rings. The van der Waals surface area contributed by atoms with Gasteiger partial charge in [0, 0.05) is 5.69 Å². The van der Waals surface area contributed by atoms with E-state index in [1.54, 1.807) is 34.6 Å². The van der Waals surface area contributed by atoms with Crippen molar-refractivity contribution in [3.8, 4) is 0 Å². The highest BCUT2D eigenvalue weighted by atomic mass is 16.6. The molecule has 1 aromatic rings. The summed E-state index contributed by atoms with van der Waals surface area (Å²) in [5.74, 6) is -1.70. The maximum absolute atomic E-state index is 12.6. The SMILES string of the molecule is C=CCOC(=O)Cn1c(C)c(C(=O)OC(C)(C)C)c(C)c1C(=O)OCCC. The first-order valence-corrected chi connectivity index (χ1v) is 8.90. The molecule has 0 aromatic carbocycles. The zero-order valence-electron chi connectivity index (χ0n) is 17.0. The summed E-state index contributed by atoms with van der Waals surface area (Å²) in [5.41, 5.74) is 0.575. The molecule has 7 nitrogen and oxygen atoms in total. The second-order valence-electron chi connectivity index (χ2n) is 7.13. The van der Waals surface area contributed by atoms with E-state index in [0.29, 0.717) is 17.7 Å². The van der Waals surface area contributed by atoms with Gasteiger partial charge in [-0.05, 0) is 46.6 Å². The summed E-state index contributed by atoms with van der Waals surface area (Å²) in [6.45, 7) is 14.0. The summed E-state index contributed by atoms with van der Waals surface area (Å²) in [6.07, 6.45) is 2.11. The van der Waals surface area contributed by atoms with Crippen LogP contribution in [0.3, 0.4) is 0 Å². The van der Waals surface area contributed by atoms with E-state index in [-0.39, 0.29) is 31.0 Å². The molecule has 0 N–H and O–H groups in total. The summed E-state index contributed by atoms with van der Waals surface area (Å²) < 4.78 is 17.1. The Bertz CT molecular complexity index is 724. The Hall–Kier alpha value is -2.57. The molecule has 0 aliphatic heterocycles. The zero-order valence-corrected chi connectivity index (χ0v) is 17.0. The first-order valence-electron chi connectivity index (χ1n) is 8.90. The average Bonchev–Trinajstić information content (AvgIpc) is 2.79. The van der Waals surface area contributed by atoms with E-state index in [1.165, 1.54) is 10.6 Å². The molecule has 0 saturated carbocycles. The van der Waals surface area contributed by atoms with Crippen LogP contribution in [0.2, 0.25) is 0 Å². The van der Waals surface area contributed by atoms with E-state index < -0.39 is 23.5 Å². The van der Waals surface area contributed by atoms with Gasteiger partial charge in [-0.1, -0.05) is 19.6 Å². The summed E-state index contributed by atoms with van der Waals surface area (Å²) in [6, 6.07) is 0. The van der Waals surface area contributed by atoms with Crippen molar-refractivity contribution < 1.29 is 28.6 Å². The number of ether oxygens (including phenoxy) is 3. The molecular weight excluding hydrogens is 350 g/mol. The van der Waals surface area contributed by atoms with E-state index in [0.717, 1.165) is 0 Å². The summed E-state index contributed by atoms with van der Waals surface area (Å²) in [4.78, 5) is 37.3. The van der Waals surface area contributed by atoms with Gasteiger partial charge >= 0.3 is 17.9 Å². The minimum Gasteiger partial charge on any atom is -0.461 e. The topological polar surface area (TPSA) is 83.8 Å². The van der Waals surface area contributed by atoms with Gasteiger partial charge in [0.2, 0.25) is 0 Å². The Balaban J connectivity index is 3.37. The van der Waals surface area contributed by atoms with Crippen molar-refractivity contribution >= 4 is 17.9 Å². The lowest BCUT2D eigenvalue weighted by Gasteiger charge is -2.19. The highest BCUT2D eigenvalue weighted by molar-refractivity contribution is 5.99. The van der Waals surface area contributed by atoms with Crippen LogP contribution in [-0.2, 0) is 25.5 Å². The predicted molar refractivity (Wildman–Crippen MR) is 101 cm³/mol. The Morgan fingerprint density at radius 1 is 1.11 bits per heavy atom. The smallest absolute Gasteiger partial charge is 0.355 e. The lowest BCUT2D eigenvalue weighted by molar-refractivity contribution is -0.143. The van der Waals surface area contributed by atoms with E-state index >= 15 is 0 Å². The second kappa shape index (κ2) is 9.39. The van der Waals surface area contributed by atoms with Gasteiger partial charge in [0.25, 0.3) is 0 Å². The van der Waals surface area contributed by atoms with Gasteiger partial charge < -0.3 is 18.8 Å². The molecular formula is C20H29NO6. The first kappa shape index (κ1) is 22.5. The van der Waals surface area contributed by atoms with Crippen LogP contribution < -0.4 is 0 Å². The van der Waals surface area contributed by atoms with Gasteiger partial charge in [0.15, 0.2) is 0 Å². The molecule has 1 heterocycles. The van der Waals surface area contributed by atoms with Crippen molar-refractivity contribution in [2.24, 2.45) is 0 Å². The lowest BCUT2D eigenvalue weighted by atomic mass is 10.1. The van der Waals surface area contributed by atoms with Gasteiger partial charge in [-0.25, -0.2) is 9.59 Å². The fraction of sp³-hybridized carbons (Fsp3) is 0.550. The van der Waals surface area contributed by atoms with Crippen LogP contribution in [0.4, 0.5) is 0 Å².